The van der Waals surface area contributed by atoms with E-state index in [0.29, 0.717) is 24.1 Å². The molecule has 1 unspecified atom stereocenters. The van der Waals surface area contributed by atoms with Crippen molar-refractivity contribution in [2.75, 3.05) is 6.54 Å². The summed E-state index contributed by atoms with van der Waals surface area (Å²) in [6.45, 7) is 8.67. The SMILES string of the molecule is CC(C)Oc1ccc(C(CCN)C(C)C)cc1F. The van der Waals surface area contributed by atoms with E-state index in [-0.39, 0.29) is 11.9 Å². The van der Waals surface area contributed by atoms with Crippen molar-refractivity contribution in [2.24, 2.45) is 11.7 Å². The first-order chi connectivity index (χ1) is 8.45. The summed E-state index contributed by atoms with van der Waals surface area (Å²) in [6.07, 6.45) is 0.858. The minimum atomic E-state index is -0.288. The molecule has 2 N–H and O–H groups in total. The topological polar surface area (TPSA) is 35.2 Å². The van der Waals surface area contributed by atoms with E-state index < -0.39 is 0 Å². The van der Waals surface area contributed by atoms with Gasteiger partial charge >= 0.3 is 0 Å². The van der Waals surface area contributed by atoms with E-state index in [9.17, 15) is 4.39 Å². The largest absolute Gasteiger partial charge is 0.488 e. The van der Waals surface area contributed by atoms with Gasteiger partial charge in [-0.1, -0.05) is 19.9 Å². The van der Waals surface area contributed by atoms with Crippen molar-refractivity contribution in [3.63, 3.8) is 0 Å². The lowest BCUT2D eigenvalue weighted by molar-refractivity contribution is 0.231. The van der Waals surface area contributed by atoms with Crippen molar-refractivity contribution in [3.8, 4) is 5.75 Å². The molecule has 0 radical (unpaired) electrons. The number of hydrogen-bond donors (Lipinski definition) is 1. The number of hydrogen-bond acceptors (Lipinski definition) is 2. The normalized spacial score (nSPS) is 13.1. The molecule has 0 bridgehead atoms. The zero-order valence-electron chi connectivity index (χ0n) is 11.7. The standard InChI is InChI=1S/C15H24FNO/c1-10(2)13(7-8-17)12-5-6-15(14(16)9-12)18-11(3)4/h5-6,9-11,13H,7-8,17H2,1-4H3. The average Bonchev–Trinajstić information content (AvgIpc) is 2.28. The van der Waals surface area contributed by atoms with Crippen LogP contribution in [-0.2, 0) is 0 Å². The van der Waals surface area contributed by atoms with Crippen LogP contribution in [0, 0.1) is 11.7 Å². The van der Waals surface area contributed by atoms with Crippen molar-refractivity contribution in [2.45, 2.75) is 46.1 Å². The van der Waals surface area contributed by atoms with Crippen LogP contribution in [0.15, 0.2) is 18.2 Å². The highest BCUT2D eigenvalue weighted by Gasteiger charge is 2.17. The van der Waals surface area contributed by atoms with E-state index in [1.54, 1.807) is 12.1 Å². The molecule has 0 saturated carbocycles. The number of benzene rings is 1. The molecule has 1 aromatic carbocycles. The molecule has 0 fully saturated rings. The minimum Gasteiger partial charge on any atom is -0.488 e. The minimum absolute atomic E-state index is 0.0183. The molecule has 0 heterocycles. The first-order valence-corrected chi connectivity index (χ1v) is 6.61. The Morgan fingerprint density at radius 3 is 2.33 bits per heavy atom. The highest BCUT2D eigenvalue weighted by atomic mass is 19.1. The molecule has 3 heteroatoms. The van der Waals surface area contributed by atoms with Crippen LogP contribution in [0.2, 0.25) is 0 Å². The van der Waals surface area contributed by atoms with E-state index >= 15 is 0 Å². The molecule has 0 amide bonds. The molecule has 1 atom stereocenters. The third kappa shape index (κ3) is 3.98. The van der Waals surface area contributed by atoms with Crippen molar-refractivity contribution in [1.29, 1.82) is 0 Å². The van der Waals surface area contributed by atoms with Gasteiger partial charge in [-0.3, -0.25) is 0 Å². The Morgan fingerprint density at radius 2 is 1.89 bits per heavy atom. The van der Waals surface area contributed by atoms with Crippen LogP contribution < -0.4 is 10.5 Å². The van der Waals surface area contributed by atoms with E-state index in [1.165, 1.54) is 0 Å². The van der Waals surface area contributed by atoms with E-state index in [2.05, 4.69) is 13.8 Å². The zero-order valence-corrected chi connectivity index (χ0v) is 11.7. The number of halogens is 1. The molecule has 0 aliphatic carbocycles. The molecule has 0 spiro atoms. The summed E-state index contributed by atoms with van der Waals surface area (Å²) in [7, 11) is 0. The number of rotatable bonds is 6. The van der Waals surface area contributed by atoms with Crippen molar-refractivity contribution >= 4 is 0 Å². The van der Waals surface area contributed by atoms with Gasteiger partial charge in [-0.25, -0.2) is 4.39 Å². The van der Waals surface area contributed by atoms with Crippen LogP contribution in [0.1, 0.15) is 45.6 Å². The Hall–Kier alpha value is -1.09. The van der Waals surface area contributed by atoms with Crippen LogP contribution in [0.5, 0.6) is 5.75 Å². The summed E-state index contributed by atoms with van der Waals surface area (Å²) >= 11 is 0. The Morgan fingerprint density at radius 1 is 1.22 bits per heavy atom. The molecular formula is C15H24FNO. The van der Waals surface area contributed by atoms with E-state index in [1.807, 2.05) is 19.9 Å². The van der Waals surface area contributed by atoms with Gasteiger partial charge in [0.1, 0.15) is 0 Å². The molecule has 0 saturated heterocycles. The van der Waals surface area contributed by atoms with Crippen LogP contribution in [0.4, 0.5) is 4.39 Å². The smallest absolute Gasteiger partial charge is 0.165 e. The summed E-state index contributed by atoms with van der Waals surface area (Å²) in [5.74, 6) is 0.787. The lowest BCUT2D eigenvalue weighted by Gasteiger charge is -2.21. The maximum absolute atomic E-state index is 13.9. The maximum atomic E-state index is 13.9. The number of ether oxygens (including phenoxy) is 1. The summed E-state index contributed by atoms with van der Waals surface area (Å²) < 4.78 is 19.3. The molecule has 2 nitrogen and oxygen atoms in total. The van der Waals surface area contributed by atoms with Crippen molar-refractivity contribution in [3.05, 3.63) is 29.6 Å². The van der Waals surface area contributed by atoms with Gasteiger partial charge in [0.2, 0.25) is 0 Å². The van der Waals surface area contributed by atoms with Crippen molar-refractivity contribution in [1.82, 2.24) is 0 Å². The molecule has 18 heavy (non-hydrogen) atoms. The second kappa shape index (κ2) is 6.74. The van der Waals surface area contributed by atoms with Gasteiger partial charge in [0.05, 0.1) is 6.10 Å². The highest BCUT2D eigenvalue weighted by molar-refractivity contribution is 5.31. The molecule has 0 aliphatic rings. The predicted octanol–water partition coefficient (Wildman–Crippen LogP) is 3.70. The van der Waals surface area contributed by atoms with Crippen LogP contribution in [-0.4, -0.2) is 12.6 Å². The van der Waals surface area contributed by atoms with Gasteiger partial charge in [-0.2, -0.15) is 0 Å². The molecule has 1 aromatic rings. The van der Waals surface area contributed by atoms with Crippen LogP contribution in [0.3, 0.4) is 0 Å². The Kier molecular flexibility index (Phi) is 5.60. The highest BCUT2D eigenvalue weighted by Crippen LogP contribution is 2.30. The van der Waals surface area contributed by atoms with E-state index in [4.69, 9.17) is 10.5 Å². The summed E-state index contributed by atoms with van der Waals surface area (Å²) in [4.78, 5) is 0. The summed E-state index contributed by atoms with van der Waals surface area (Å²) in [5, 5.41) is 0. The summed E-state index contributed by atoms with van der Waals surface area (Å²) in [5.41, 5.74) is 6.62. The lowest BCUT2D eigenvalue weighted by Crippen LogP contribution is -2.13. The second-order valence-electron chi connectivity index (χ2n) is 5.28. The van der Waals surface area contributed by atoms with Crippen molar-refractivity contribution < 1.29 is 9.13 Å². The molecule has 1 rings (SSSR count). The van der Waals surface area contributed by atoms with Gasteiger partial charge in [-0.15, -0.1) is 0 Å². The molecule has 0 aromatic heterocycles. The summed E-state index contributed by atoms with van der Waals surface area (Å²) in [6, 6.07) is 5.25. The Balaban J connectivity index is 2.94. The van der Waals surface area contributed by atoms with Crippen LogP contribution in [0.25, 0.3) is 0 Å². The Bertz CT molecular complexity index is 377. The average molecular weight is 253 g/mol. The monoisotopic (exact) mass is 253 g/mol. The van der Waals surface area contributed by atoms with Gasteiger partial charge < -0.3 is 10.5 Å². The Labute approximate surface area is 109 Å². The lowest BCUT2D eigenvalue weighted by atomic mass is 9.86. The molecule has 102 valence electrons. The fourth-order valence-electron chi connectivity index (χ4n) is 2.16. The molecule has 0 aliphatic heterocycles. The predicted molar refractivity (Wildman–Crippen MR) is 73.4 cm³/mol. The third-order valence-corrected chi connectivity index (χ3v) is 3.03. The van der Waals surface area contributed by atoms with Gasteiger partial charge in [0.15, 0.2) is 11.6 Å². The first-order valence-electron chi connectivity index (χ1n) is 6.61. The van der Waals surface area contributed by atoms with Gasteiger partial charge in [-0.05, 0) is 56.3 Å². The maximum Gasteiger partial charge on any atom is 0.165 e. The zero-order chi connectivity index (χ0) is 13.7. The number of nitrogens with two attached hydrogens (primary N) is 1. The van der Waals surface area contributed by atoms with Gasteiger partial charge in [0.25, 0.3) is 0 Å². The second-order valence-corrected chi connectivity index (χ2v) is 5.28. The van der Waals surface area contributed by atoms with E-state index in [0.717, 1.165) is 12.0 Å². The fraction of sp³-hybridized carbons (Fsp3) is 0.600. The first kappa shape index (κ1) is 15.0. The van der Waals surface area contributed by atoms with Gasteiger partial charge in [0, 0.05) is 0 Å². The van der Waals surface area contributed by atoms with Crippen LogP contribution >= 0.6 is 0 Å². The quantitative estimate of drug-likeness (QED) is 0.839. The molecular weight excluding hydrogens is 229 g/mol. The fourth-order valence-corrected chi connectivity index (χ4v) is 2.16. The third-order valence-electron chi connectivity index (χ3n) is 3.03.